The zero-order chi connectivity index (χ0) is 12.3. The molecule has 1 aromatic carbocycles. The number of nitrogens with zero attached hydrogens (tertiary/aromatic N) is 1. The molecule has 0 bridgehead atoms. The van der Waals surface area contributed by atoms with Crippen molar-refractivity contribution in [1.29, 1.82) is 0 Å². The molecule has 0 aromatic heterocycles. The van der Waals surface area contributed by atoms with Crippen molar-refractivity contribution < 1.29 is 5.11 Å². The van der Waals surface area contributed by atoms with Crippen molar-refractivity contribution in [2.45, 2.75) is 38.6 Å². The molecular formula is C15H23NO. The van der Waals surface area contributed by atoms with Gasteiger partial charge in [0.05, 0.1) is 12.1 Å². The molecule has 1 heterocycles. The van der Waals surface area contributed by atoms with Crippen molar-refractivity contribution in [2.24, 2.45) is 0 Å². The SMILES string of the molecule is Cc1ccccc1C(C)(CO)N1CCCCC1. The highest BCUT2D eigenvalue weighted by Crippen LogP contribution is 2.32. The summed E-state index contributed by atoms with van der Waals surface area (Å²) in [7, 11) is 0. The Morgan fingerprint density at radius 3 is 2.41 bits per heavy atom. The first-order valence-corrected chi connectivity index (χ1v) is 6.60. The van der Waals surface area contributed by atoms with Crippen LogP contribution in [0.5, 0.6) is 0 Å². The molecule has 0 aliphatic carbocycles. The number of hydrogen-bond acceptors (Lipinski definition) is 2. The van der Waals surface area contributed by atoms with E-state index in [1.54, 1.807) is 0 Å². The van der Waals surface area contributed by atoms with E-state index < -0.39 is 0 Å². The zero-order valence-electron chi connectivity index (χ0n) is 10.9. The minimum Gasteiger partial charge on any atom is -0.394 e. The summed E-state index contributed by atoms with van der Waals surface area (Å²) >= 11 is 0. The van der Waals surface area contributed by atoms with Gasteiger partial charge in [-0.1, -0.05) is 30.7 Å². The van der Waals surface area contributed by atoms with Gasteiger partial charge in [-0.2, -0.15) is 0 Å². The molecule has 17 heavy (non-hydrogen) atoms. The van der Waals surface area contributed by atoms with Gasteiger partial charge in [0.1, 0.15) is 0 Å². The highest BCUT2D eigenvalue weighted by atomic mass is 16.3. The lowest BCUT2D eigenvalue weighted by atomic mass is 9.86. The highest BCUT2D eigenvalue weighted by molar-refractivity contribution is 5.32. The largest absolute Gasteiger partial charge is 0.394 e. The number of benzene rings is 1. The Labute approximate surface area is 104 Å². The number of likely N-dealkylation sites (tertiary alicyclic amines) is 1. The molecule has 1 aliphatic heterocycles. The number of piperidine rings is 1. The standard InChI is InChI=1S/C15H23NO/c1-13-8-4-5-9-14(13)15(2,12-17)16-10-6-3-7-11-16/h4-5,8-9,17H,3,6-7,10-12H2,1-2H3. The molecule has 1 saturated heterocycles. The maximum absolute atomic E-state index is 9.87. The van der Waals surface area contributed by atoms with Crippen molar-refractivity contribution in [3.63, 3.8) is 0 Å². The molecular weight excluding hydrogens is 210 g/mol. The molecule has 1 unspecified atom stereocenters. The normalized spacial score (nSPS) is 21.1. The van der Waals surface area contributed by atoms with Crippen LogP contribution in [0.1, 0.15) is 37.3 Å². The first kappa shape index (κ1) is 12.6. The molecule has 0 spiro atoms. The monoisotopic (exact) mass is 233 g/mol. The smallest absolute Gasteiger partial charge is 0.0668 e. The van der Waals surface area contributed by atoms with E-state index in [9.17, 15) is 5.11 Å². The Kier molecular flexibility index (Phi) is 3.85. The van der Waals surface area contributed by atoms with Gasteiger partial charge in [0.2, 0.25) is 0 Å². The first-order valence-electron chi connectivity index (χ1n) is 6.60. The van der Waals surface area contributed by atoms with Gasteiger partial charge in [-0.15, -0.1) is 0 Å². The Balaban J connectivity index is 2.32. The molecule has 1 aromatic rings. The maximum atomic E-state index is 9.87. The lowest BCUT2D eigenvalue weighted by Gasteiger charge is -2.43. The summed E-state index contributed by atoms with van der Waals surface area (Å²) in [5.41, 5.74) is 2.32. The number of aliphatic hydroxyl groups excluding tert-OH is 1. The van der Waals surface area contributed by atoms with Gasteiger partial charge >= 0.3 is 0 Å². The van der Waals surface area contributed by atoms with E-state index in [-0.39, 0.29) is 12.1 Å². The quantitative estimate of drug-likeness (QED) is 0.867. The van der Waals surface area contributed by atoms with E-state index in [4.69, 9.17) is 0 Å². The molecule has 94 valence electrons. The molecule has 1 fully saturated rings. The van der Waals surface area contributed by atoms with E-state index >= 15 is 0 Å². The van der Waals surface area contributed by atoms with Crippen LogP contribution in [0, 0.1) is 6.92 Å². The van der Waals surface area contributed by atoms with Gasteiger partial charge in [-0.25, -0.2) is 0 Å². The molecule has 1 aliphatic rings. The summed E-state index contributed by atoms with van der Waals surface area (Å²) in [5.74, 6) is 0. The van der Waals surface area contributed by atoms with Crippen LogP contribution in [0.15, 0.2) is 24.3 Å². The number of aliphatic hydroxyl groups is 1. The lowest BCUT2D eigenvalue weighted by molar-refractivity contribution is 0.0256. The third-order valence-corrected chi connectivity index (χ3v) is 4.09. The van der Waals surface area contributed by atoms with Gasteiger partial charge in [-0.3, -0.25) is 4.90 Å². The Morgan fingerprint density at radius 2 is 1.82 bits per heavy atom. The summed E-state index contributed by atoms with van der Waals surface area (Å²) in [4.78, 5) is 2.44. The van der Waals surface area contributed by atoms with Crippen LogP contribution in [-0.4, -0.2) is 29.7 Å². The zero-order valence-corrected chi connectivity index (χ0v) is 10.9. The molecule has 1 N–H and O–H groups in total. The molecule has 0 radical (unpaired) electrons. The molecule has 2 heteroatoms. The molecule has 0 amide bonds. The molecule has 0 saturated carbocycles. The third-order valence-electron chi connectivity index (χ3n) is 4.09. The van der Waals surface area contributed by atoms with E-state index in [0.717, 1.165) is 13.1 Å². The van der Waals surface area contributed by atoms with Gasteiger partial charge in [-0.05, 0) is 50.9 Å². The van der Waals surface area contributed by atoms with Crippen LogP contribution >= 0.6 is 0 Å². The second-order valence-corrected chi connectivity index (χ2v) is 5.29. The fourth-order valence-electron chi connectivity index (χ4n) is 2.92. The summed E-state index contributed by atoms with van der Waals surface area (Å²) in [6, 6.07) is 8.42. The first-order chi connectivity index (χ1) is 8.18. The highest BCUT2D eigenvalue weighted by Gasteiger charge is 2.34. The van der Waals surface area contributed by atoms with Crippen LogP contribution in [0.2, 0.25) is 0 Å². The van der Waals surface area contributed by atoms with Gasteiger partial charge < -0.3 is 5.11 Å². The summed E-state index contributed by atoms with van der Waals surface area (Å²) in [5, 5.41) is 9.87. The van der Waals surface area contributed by atoms with Crippen molar-refractivity contribution >= 4 is 0 Å². The second-order valence-electron chi connectivity index (χ2n) is 5.29. The van der Waals surface area contributed by atoms with E-state index in [1.165, 1.54) is 30.4 Å². The Morgan fingerprint density at radius 1 is 1.18 bits per heavy atom. The van der Waals surface area contributed by atoms with Gasteiger partial charge in [0.25, 0.3) is 0 Å². The van der Waals surface area contributed by atoms with E-state index in [0.29, 0.717) is 0 Å². The topological polar surface area (TPSA) is 23.5 Å². The fraction of sp³-hybridized carbons (Fsp3) is 0.600. The molecule has 2 nitrogen and oxygen atoms in total. The fourth-order valence-corrected chi connectivity index (χ4v) is 2.92. The van der Waals surface area contributed by atoms with Crippen LogP contribution in [0.25, 0.3) is 0 Å². The summed E-state index contributed by atoms with van der Waals surface area (Å²) in [6.07, 6.45) is 3.83. The van der Waals surface area contributed by atoms with Crippen LogP contribution in [0.3, 0.4) is 0 Å². The average molecular weight is 233 g/mol. The predicted molar refractivity (Wildman–Crippen MR) is 71.0 cm³/mol. The minimum absolute atomic E-state index is 0.192. The number of aryl methyl sites for hydroxylation is 1. The van der Waals surface area contributed by atoms with Crippen LogP contribution in [-0.2, 0) is 5.54 Å². The maximum Gasteiger partial charge on any atom is 0.0668 e. The molecule has 2 rings (SSSR count). The lowest BCUT2D eigenvalue weighted by Crippen LogP contribution is -2.49. The van der Waals surface area contributed by atoms with Gasteiger partial charge in [0, 0.05) is 0 Å². The van der Waals surface area contributed by atoms with Crippen molar-refractivity contribution in [3.05, 3.63) is 35.4 Å². The summed E-state index contributed by atoms with van der Waals surface area (Å²) < 4.78 is 0. The van der Waals surface area contributed by atoms with Crippen molar-refractivity contribution in [3.8, 4) is 0 Å². The van der Waals surface area contributed by atoms with Crippen molar-refractivity contribution in [2.75, 3.05) is 19.7 Å². The minimum atomic E-state index is -0.217. The van der Waals surface area contributed by atoms with Crippen LogP contribution in [0.4, 0.5) is 0 Å². The second kappa shape index (κ2) is 5.19. The summed E-state index contributed by atoms with van der Waals surface area (Å²) in [6.45, 7) is 6.70. The predicted octanol–water partition coefficient (Wildman–Crippen LogP) is 2.69. The van der Waals surface area contributed by atoms with Gasteiger partial charge in [0.15, 0.2) is 0 Å². The number of rotatable bonds is 3. The Hall–Kier alpha value is -0.860. The third kappa shape index (κ3) is 2.38. The van der Waals surface area contributed by atoms with Crippen LogP contribution < -0.4 is 0 Å². The van der Waals surface area contributed by atoms with Crippen molar-refractivity contribution in [1.82, 2.24) is 4.90 Å². The van der Waals surface area contributed by atoms with E-state index in [1.807, 2.05) is 0 Å². The van der Waals surface area contributed by atoms with E-state index in [2.05, 4.69) is 43.0 Å². The molecule has 1 atom stereocenters. The average Bonchev–Trinajstić information content (AvgIpc) is 2.39. The number of hydrogen-bond donors (Lipinski definition) is 1. The Bertz CT molecular complexity index is 371.